The monoisotopic (exact) mass is 143 g/mol. The Hall–Kier alpha value is -0.640. The van der Waals surface area contributed by atoms with E-state index in [1.807, 2.05) is 0 Å². The first kappa shape index (κ1) is 6.48. The van der Waals surface area contributed by atoms with Gasteiger partial charge < -0.3 is 5.32 Å². The number of nitrogens with zero attached hydrogens (tertiary/aromatic N) is 2. The summed E-state index contributed by atoms with van der Waals surface area (Å²) >= 11 is 1.39. The second-order valence-electron chi connectivity index (χ2n) is 1.67. The van der Waals surface area contributed by atoms with Crippen molar-refractivity contribution in [2.75, 3.05) is 11.9 Å². The van der Waals surface area contributed by atoms with Gasteiger partial charge in [0.2, 0.25) is 5.13 Å². The van der Waals surface area contributed by atoms with Crippen LogP contribution >= 0.6 is 11.5 Å². The molecule has 1 N–H and O–H groups in total. The molecule has 1 aromatic heterocycles. The summed E-state index contributed by atoms with van der Waals surface area (Å²) in [7, 11) is 0. The molecule has 4 heteroatoms. The molecule has 50 valence electrons. The summed E-state index contributed by atoms with van der Waals surface area (Å²) in [5.41, 5.74) is 0. The van der Waals surface area contributed by atoms with Crippen LogP contribution in [0.5, 0.6) is 0 Å². The maximum absolute atomic E-state index is 3.95. The fourth-order valence-electron chi connectivity index (χ4n) is 0.483. The van der Waals surface area contributed by atoms with Gasteiger partial charge in [0, 0.05) is 18.1 Å². The summed E-state index contributed by atoms with van der Waals surface area (Å²) in [5, 5.41) is 4.03. The number of hydrogen-bond acceptors (Lipinski definition) is 4. The van der Waals surface area contributed by atoms with Crippen molar-refractivity contribution in [1.29, 1.82) is 0 Å². The van der Waals surface area contributed by atoms with Gasteiger partial charge in [0.15, 0.2) is 0 Å². The molecule has 0 saturated heterocycles. The van der Waals surface area contributed by atoms with Crippen LogP contribution in [0.2, 0.25) is 0 Å². The molecule has 0 radical (unpaired) electrons. The Kier molecular flexibility index (Phi) is 2.45. The predicted molar refractivity (Wildman–Crippen MR) is 38.7 cm³/mol. The molecule has 0 aromatic carbocycles. The quantitative estimate of drug-likeness (QED) is 0.694. The molecule has 0 aliphatic heterocycles. The highest BCUT2D eigenvalue weighted by atomic mass is 32.1. The van der Waals surface area contributed by atoms with E-state index in [9.17, 15) is 0 Å². The van der Waals surface area contributed by atoms with Gasteiger partial charge >= 0.3 is 0 Å². The van der Waals surface area contributed by atoms with Crippen molar-refractivity contribution in [3.05, 3.63) is 6.33 Å². The van der Waals surface area contributed by atoms with Crippen LogP contribution in [0, 0.1) is 0 Å². The van der Waals surface area contributed by atoms with E-state index in [-0.39, 0.29) is 0 Å². The van der Waals surface area contributed by atoms with Crippen LogP contribution in [0.25, 0.3) is 0 Å². The standard InChI is InChI=1S/C5H9N3S/c1-2-3-6-5-7-4-8-9-5/h4H,2-3H2,1H3,(H,6,7,8). The Bertz CT molecular complexity index is 149. The zero-order chi connectivity index (χ0) is 6.53. The zero-order valence-electron chi connectivity index (χ0n) is 5.29. The van der Waals surface area contributed by atoms with E-state index in [0.717, 1.165) is 18.1 Å². The van der Waals surface area contributed by atoms with Crippen LogP contribution in [0.1, 0.15) is 13.3 Å². The molecule has 0 aliphatic carbocycles. The van der Waals surface area contributed by atoms with Crippen molar-refractivity contribution in [3.63, 3.8) is 0 Å². The Morgan fingerprint density at radius 2 is 2.67 bits per heavy atom. The van der Waals surface area contributed by atoms with E-state index in [0.29, 0.717) is 0 Å². The Morgan fingerprint density at radius 1 is 1.78 bits per heavy atom. The lowest BCUT2D eigenvalue weighted by molar-refractivity contribution is 0.976. The average Bonchev–Trinajstić information content (AvgIpc) is 2.34. The molecule has 0 saturated carbocycles. The smallest absolute Gasteiger partial charge is 0.202 e. The third-order valence-corrected chi connectivity index (χ3v) is 1.51. The average molecular weight is 143 g/mol. The minimum absolute atomic E-state index is 0.914. The molecule has 1 aromatic rings. The van der Waals surface area contributed by atoms with Gasteiger partial charge in [-0.2, -0.15) is 4.37 Å². The van der Waals surface area contributed by atoms with Gasteiger partial charge in [-0.05, 0) is 6.42 Å². The molecule has 0 fully saturated rings. The van der Waals surface area contributed by atoms with E-state index in [2.05, 4.69) is 21.6 Å². The maximum atomic E-state index is 3.95. The summed E-state index contributed by atoms with van der Waals surface area (Å²) in [6.45, 7) is 3.10. The summed E-state index contributed by atoms with van der Waals surface area (Å²) in [6.07, 6.45) is 2.68. The molecule has 0 atom stereocenters. The first-order valence-electron chi connectivity index (χ1n) is 2.94. The van der Waals surface area contributed by atoms with Gasteiger partial charge in [-0.1, -0.05) is 6.92 Å². The lowest BCUT2D eigenvalue weighted by Crippen LogP contribution is -1.97. The Labute approximate surface area is 58.3 Å². The summed E-state index contributed by atoms with van der Waals surface area (Å²) in [6, 6.07) is 0. The Morgan fingerprint density at radius 3 is 3.22 bits per heavy atom. The van der Waals surface area contributed by atoms with Crippen molar-refractivity contribution in [3.8, 4) is 0 Å². The molecular formula is C5H9N3S. The minimum atomic E-state index is 0.914. The fraction of sp³-hybridized carbons (Fsp3) is 0.600. The van der Waals surface area contributed by atoms with Gasteiger partial charge in [-0.3, -0.25) is 0 Å². The Balaban J connectivity index is 2.30. The van der Waals surface area contributed by atoms with Crippen LogP contribution in [-0.2, 0) is 0 Å². The highest BCUT2D eigenvalue weighted by Gasteiger charge is 1.89. The van der Waals surface area contributed by atoms with E-state index < -0.39 is 0 Å². The van der Waals surface area contributed by atoms with Crippen molar-refractivity contribution in [1.82, 2.24) is 9.36 Å². The van der Waals surface area contributed by atoms with E-state index in [4.69, 9.17) is 0 Å². The van der Waals surface area contributed by atoms with Gasteiger partial charge in [-0.15, -0.1) is 0 Å². The number of rotatable bonds is 3. The highest BCUT2D eigenvalue weighted by molar-refractivity contribution is 7.09. The molecule has 0 amide bonds. The lowest BCUT2D eigenvalue weighted by Gasteiger charge is -1.94. The van der Waals surface area contributed by atoms with E-state index in [1.54, 1.807) is 6.33 Å². The zero-order valence-corrected chi connectivity index (χ0v) is 6.11. The molecule has 1 rings (SSSR count). The third-order valence-electron chi connectivity index (χ3n) is 0.888. The van der Waals surface area contributed by atoms with Crippen molar-refractivity contribution < 1.29 is 0 Å². The van der Waals surface area contributed by atoms with Crippen LogP contribution in [0.15, 0.2) is 6.33 Å². The van der Waals surface area contributed by atoms with Crippen molar-refractivity contribution in [2.24, 2.45) is 0 Å². The first-order chi connectivity index (χ1) is 4.43. The van der Waals surface area contributed by atoms with Gasteiger partial charge in [0.25, 0.3) is 0 Å². The minimum Gasteiger partial charge on any atom is -0.360 e. The number of aromatic nitrogens is 2. The molecule has 3 nitrogen and oxygen atoms in total. The van der Waals surface area contributed by atoms with Crippen LogP contribution in [-0.4, -0.2) is 15.9 Å². The van der Waals surface area contributed by atoms with Crippen LogP contribution < -0.4 is 5.32 Å². The summed E-state index contributed by atoms with van der Waals surface area (Å²) in [5.74, 6) is 0. The van der Waals surface area contributed by atoms with Crippen LogP contribution in [0.3, 0.4) is 0 Å². The predicted octanol–water partition coefficient (Wildman–Crippen LogP) is 1.36. The van der Waals surface area contributed by atoms with E-state index in [1.165, 1.54) is 11.5 Å². The van der Waals surface area contributed by atoms with Crippen LogP contribution in [0.4, 0.5) is 5.13 Å². The lowest BCUT2D eigenvalue weighted by atomic mass is 10.5. The maximum Gasteiger partial charge on any atom is 0.202 e. The molecule has 0 unspecified atom stereocenters. The number of anilines is 1. The highest BCUT2D eigenvalue weighted by Crippen LogP contribution is 2.05. The molecule has 0 aliphatic rings. The third kappa shape index (κ3) is 1.97. The normalized spacial score (nSPS) is 9.44. The largest absolute Gasteiger partial charge is 0.360 e. The molecule has 0 bridgehead atoms. The SMILES string of the molecule is CCCNc1ncns1. The second kappa shape index (κ2) is 3.40. The second-order valence-corrected chi connectivity index (χ2v) is 2.45. The van der Waals surface area contributed by atoms with E-state index >= 15 is 0 Å². The van der Waals surface area contributed by atoms with Gasteiger partial charge in [-0.25, -0.2) is 4.98 Å². The molecular weight excluding hydrogens is 134 g/mol. The first-order valence-corrected chi connectivity index (χ1v) is 3.71. The molecule has 1 heterocycles. The fourth-order valence-corrected chi connectivity index (χ4v) is 0.938. The van der Waals surface area contributed by atoms with Crippen molar-refractivity contribution >= 4 is 16.7 Å². The number of hydrogen-bond donors (Lipinski definition) is 1. The van der Waals surface area contributed by atoms with Crippen molar-refractivity contribution in [2.45, 2.75) is 13.3 Å². The van der Waals surface area contributed by atoms with Gasteiger partial charge in [0.05, 0.1) is 0 Å². The molecule has 0 spiro atoms. The summed E-state index contributed by atoms with van der Waals surface area (Å²) < 4.78 is 3.84. The number of nitrogens with one attached hydrogen (secondary N) is 1. The van der Waals surface area contributed by atoms with Gasteiger partial charge in [0.1, 0.15) is 6.33 Å². The molecule has 9 heavy (non-hydrogen) atoms. The topological polar surface area (TPSA) is 37.8 Å². The summed E-state index contributed by atoms with van der Waals surface area (Å²) in [4.78, 5) is 3.95.